The zero-order valence-electron chi connectivity index (χ0n) is 9.48. The third kappa shape index (κ3) is 3.33. The van der Waals surface area contributed by atoms with Crippen LogP contribution in [0, 0.1) is 0 Å². The van der Waals surface area contributed by atoms with Gasteiger partial charge in [0.1, 0.15) is 6.54 Å². The normalized spacial score (nSPS) is 12.9. The van der Waals surface area contributed by atoms with E-state index in [9.17, 15) is 21.6 Å². The Morgan fingerprint density at radius 1 is 1.44 bits per heavy atom. The summed E-state index contributed by atoms with van der Waals surface area (Å²) in [6.07, 6.45) is -3.46. The summed E-state index contributed by atoms with van der Waals surface area (Å²) in [5.41, 5.74) is 5.23. The maximum absolute atomic E-state index is 12.3. The summed E-state index contributed by atoms with van der Waals surface area (Å²) in [5, 5.41) is -0.559. The van der Waals surface area contributed by atoms with Crippen LogP contribution in [0.5, 0.6) is 0 Å². The zero-order valence-corrected chi connectivity index (χ0v) is 10.3. The Hall–Kier alpha value is -1.35. The van der Waals surface area contributed by atoms with Crippen LogP contribution in [0.25, 0.3) is 0 Å². The van der Waals surface area contributed by atoms with Gasteiger partial charge in [-0.1, -0.05) is 6.92 Å². The number of hydrogen-bond acceptors (Lipinski definition) is 4. The minimum Gasteiger partial charge on any atom is -0.396 e. The standard InChI is InChI=1S/C9H12F3N3O2S/c1-2-15(6-9(10,11)12)18(16,17)8-7(13)4-3-5-14-8/h3-5H,2,6,13H2,1H3. The molecule has 0 aliphatic carbocycles. The summed E-state index contributed by atoms with van der Waals surface area (Å²) in [6.45, 7) is -0.581. The van der Waals surface area contributed by atoms with E-state index in [4.69, 9.17) is 5.73 Å². The Bertz CT molecular complexity index is 516. The van der Waals surface area contributed by atoms with E-state index in [2.05, 4.69) is 4.98 Å². The summed E-state index contributed by atoms with van der Waals surface area (Å²) in [7, 11) is -4.34. The van der Waals surface area contributed by atoms with Crippen molar-refractivity contribution in [3.05, 3.63) is 18.3 Å². The summed E-state index contributed by atoms with van der Waals surface area (Å²) in [4.78, 5) is 3.53. The maximum Gasteiger partial charge on any atom is 0.402 e. The van der Waals surface area contributed by atoms with Crippen molar-refractivity contribution in [3.63, 3.8) is 0 Å². The number of aromatic nitrogens is 1. The highest BCUT2D eigenvalue weighted by Gasteiger charge is 2.37. The van der Waals surface area contributed by atoms with Crippen molar-refractivity contribution in [1.29, 1.82) is 0 Å². The Kier molecular flexibility index (Phi) is 4.17. The molecule has 5 nitrogen and oxygen atoms in total. The minimum atomic E-state index is -4.62. The fourth-order valence-corrected chi connectivity index (χ4v) is 2.77. The van der Waals surface area contributed by atoms with Crippen molar-refractivity contribution < 1.29 is 21.6 Å². The molecular weight excluding hydrogens is 271 g/mol. The van der Waals surface area contributed by atoms with Crippen molar-refractivity contribution in [2.45, 2.75) is 18.1 Å². The second kappa shape index (κ2) is 5.11. The first-order valence-corrected chi connectivity index (χ1v) is 6.40. The number of pyridine rings is 1. The summed E-state index contributed by atoms with van der Waals surface area (Å²) < 4.78 is 61.0. The molecule has 0 bridgehead atoms. The van der Waals surface area contributed by atoms with Gasteiger partial charge in [-0.05, 0) is 12.1 Å². The predicted octanol–water partition coefficient (Wildman–Crippen LogP) is 1.24. The van der Waals surface area contributed by atoms with Crippen LogP contribution in [0.1, 0.15) is 6.92 Å². The van der Waals surface area contributed by atoms with Crippen LogP contribution in [-0.2, 0) is 10.0 Å². The molecule has 0 fully saturated rings. The van der Waals surface area contributed by atoms with Gasteiger partial charge < -0.3 is 5.73 Å². The van der Waals surface area contributed by atoms with Crippen LogP contribution >= 0.6 is 0 Å². The lowest BCUT2D eigenvalue weighted by molar-refractivity contribution is -0.135. The Morgan fingerprint density at radius 3 is 2.50 bits per heavy atom. The van der Waals surface area contributed by atoms with Crippen LogP contribution in [0.15, 0.2) is 23.4 Å². The van der Waals surface area contributed by atoms with Crippen molar-refractivity contribution in [3.8, 4) is 0 Å². The molecule has 0 saturated carbocycles. The fourth-order valence-electron chi connectivity index (χ4n) is 1.31. The highest BCUT2D eigenvalue weighted by atomic mass is 32.2. The molecule has 0 aliphatic rings. The van der Waals surface area contributed by atoms with E-state index in [1.54, 1.807) is 0 Å². The predicted molar refractivity (Wildman–Crippen MR) is 59.1 cm³/mol. The van der Waals surface area contributed by atoms with Gasteiger partial charge in [0.05, 0.1) is 5.69 Å². The smallest absolute Gasteiger partial charge is 0.396 e. The second-order valence-corrected chi connectivity index (χ2v) is 5.30. The average Bonchev–Trinajstić information content (AvgIpc) is 2.24. The van der Waals surface area contributed by atoms with Crippen LogP contribution < -0.4 is 5.73 Å². The average molecular weight is 283 g/mol. The van der Waals surface area contributed by atoms with Gasteiger partial charge in [-0.25, -0.2) is 13.4 Å². The largest absolute Gasteiger partial charge is 0.402 e. The summed E-state index contributed by atoms with van der Waals surface area (Å²) in [5.74, 6) is 0. The van der Waals surface area contributed by atoms with Gasteiger partial charge in [0.25, 0.3) is 10.0 Å². The number of hydrogen-bond donors (Lipinski definition) is 1. The van der Waals surface area contributed by atoms with Crippen LogP contribution in [0.3, 0.4) is 0 Å². The van der Waals surface area contributed by atoms with E-state index in [-0.39, 0.29) is 16.5 Å². The molecule has 1 rings (SSSR count). The van der Waals surface area contributed by atoms with Gasteiger partial charge in [0, 0.05) is 12.7 Å². The number of sulfonamides is 1. The van der Waals surface area contributed by atoms with Gasteiger partial charge >= 0.3 is 6.18 Å². The van der Waals surface area contributed by atoms with E-state index < -0.39 is 27.8 Å². The summed E-state index contributed by atoms with van der Waals surface area (Å²) in [6, 6.07) is 2.66. The highest BCUT2D eigenvalue weighted by molar-refractivity contribution is 7.89. The Balaban J connectivity index is 3.16. The topological polar surface area (TPSA) is 76.3 Å². The van der Waals surface area contributed by atoms with E-state index in [0.717, 1.165) is 6.20 Å². The lowest BCUT2D eigenvalue weighted by Crippen LogP contribution is -2.39. The van der Waals surface area contributed by atoms with E-state index in [0.29, 0.717) is 0 Å². The van der Waals surface area contributed by atoms with E-state index in [1.807, 2.05) is 0 Å². The molecule has 0 aliphatic heterocycles. The molecule has 0 radical (unpaired) electrons. The lowest BCUT2D eigenvalue weighted by atomic mass is 10.4. The van der Waals surface area contributed by atoms with Crippen molar-refractivity contribution in [1.82, 2.24) is 9.29 Å². The first kappa shape index (κ1) is 14.7. The number of nitrogens with zero attached hydrogens (tertiary/aromatic N) is 2. The molecule has 0 unspecified atom stereocenters. The van der Waals surface area contributed by atoms with E-state index in [1.165, 1.54) is 19.1 Å². The third-order valence-electron chi connectivity index (χ3n) is 2.09. The molecule has 2 N–H and O–H groups in total. The molecule has 1 aromatic rings. The van der Waals surface area contributed by atoms with Gasteiger partial charge in [-0.15, -0.1) is 0 Å². The van der Waals surface area contributed by atoms with Gasteiger partial charge in [-0.2, -0.15) is 17.5 Å². The molecule has 0 saturated heterocycles. The summed E-state index contributed by atoms with van der Waals surface area (Å²) >= 11 is 0. The molecule has 102 valence electrons. The van der Waals surface area contributed by atoms with E-state index >= 15 is 0 Å². The van der Waals surface area contributed by atoms with Crippen LogP contribution in [0.2, 0.25) is 0 Å². The molecule has 0 amide bonds. The molecule has 0 spiro atoms. The van der Waals surface area contributed by atoms with Crippen molar-refractivity contribution >= 4 is 15.7 Å². The number of halogens is 3. The first-order chi connectivity index (χ1) is 8.18. The number of nitrogens with two attached hydrogens (primary N) is 1. The van der Waals surface area contributed by atoms with Gasteiger partial charge in [-0.3, -0.25) is 0 Å². The molecule has 1 heterocycles. The minimum absolute atomic E-state index is 0.182. The number of alkyl halides is 3. The fraction of sp³-hybridized carbons (Fsp3) is 0.444. The van der Waals surface area contributed by atoms with Crippen molar-refractivity contribution in [2.75, 3.05) is 18.8 Å². The Labute approximate surface area is 102 Å². The number of nitrogen functional groups attached to an aromatic ring is 1. The number of rotatable bonds is 4. The lowest BCUT2D eigenvalue weighted by Gasteiger charge is -2.21. The molecule has 0 atom stereocenters. The van der Waals surface area contributed by atoms with Crippen molar-refractivity contribution in [2.24, 2.45) is 0 Å². The molecule has 18 heavy (non-hydrogen) atoms. The van der Waals surface area contributed by atoms with Gasteiger partial charge in [0.15, 0.2) is 5.03 Å². The SMILES string of the molecule is CCN(CC(F)(F)F)S(=O)(=O)c1ncccc1N. The van der Waals surface area contributed by atoms with Crippen LogP contribution in [-0.4, -0.2) is 37.0 Å². The molecule has 9 heteroatoms. The molecular formula is C9H12F3N3O2S. The second-order valence-electron chi connectivity index (χ2n) is 3.44. The third-order valence-corrected chi connectivity index (χ3v) is 3.99. The first-order valence-electron chi connectivity index (χ1n) is 4.96. The van der Waals surface area contributed by atoms with Crippen LogP contribution in [0.4, 0.5) is 18.9 Å². The molecule has 0 aromatic carbocycles. The Morgan fingerprint density at radius 2 is 2.06 bits per heavy atom. The quantitative estimate of drug-likeness (QED) is 0.902. The molecule has 1 aromatic heterocycles. The van der Waals surface area contributed by atoms with Gasteiger partial charge in [0.2, 0.25) is 0 Å². The highest BCUT2D eigenvalue weighted by Crippen LogP contribution is 2.23. The number of anilines is 1. The zero-order chi connectivity index (χ0) is 14.0. The monoisotopic (exact) mass is 283 g/mol. The maximum atomic E-state index is 12.3.